The lowest BCUT2D eigenvalue weighted by atomic mass is 10.1. The first-order valence-electron chi connectivity index (χ1n) is 6.12. The van der Waals surface area contributed by atoms with Crippen LogP contribution in [0.3, 0.4) is 0 Å². The topological polar surface area (TPSA) is 109 Å². The van der Waals surface area contributed by atoms with Gasteiger partial charge in [0.05, 0.1) is 16.6 Å². The molecule has 2 rings (SSSR count). The van der Waals surface area contributed by atoms with Gasteiger partial charge in [-0.25, -0.2) is 4.98 Å². The minimum Gasteiger partial charge on any atom is -0.384 e. The van der Waals surface area contributed by atoms with E-state index in [4.69, 9.17) is 11.0 Å². The average molecular weight is 283 g/mol. The van der Waals surface area contributed by atoms with Gasteiger partial charge in [-0.05, 0) is 23.8 Å². The maximum Gasteiger partial charge on any atom is 0.311 e. The Morgan fingerprint density at radius 2 is 2.19 bits per heavy atom. The van der Waals surface area contributed by atoms with Crippen molar-refractivity contribution in [1.29, 1.82) is 5.26 Å². The number of rotatable bonds is 4. The summed E-state index contributed by atoms with van der Waals surface area (Å²) in [5, 5.41) is 19.9. The second kappa shape index (κ2) is 5.88. The van der Waals surface area contributed by atoms with E-state index in [-0.39, 0.29) is 17.3 Å². The van der Waals surface area contributed by atoms with Crippen LogP contribution in [0.2, 0.25) is 0 Å². The molecule has 2 N–H and O–H groups in total. The van der Waals surface area contributed by atoms with Gasteiger partial charge in [-0.1, -0.05) is 12.1 Å². The molecule has 0 atom stereocenters. The Hall–Kier alpha value is -3.14. The van der Waals surface area contributed by atoms with Crippen LogP contribution in [0.1, 0.15) is 11.1 Å². The minimum absolute atomic E-state index is 0.108. The zero-order valence-corrected chi connectivity index (χ0v) is 11.4. The molecule has 0 saturated carbocycles. The number of nitrogens with zero attached hydrogens (tertiary/aromatic N) is 4. The van der Waals surface area contributed by atoms with Crippen LogP contribution >= 0.6 is 0 Å². The van der Waals surface area contributed by atoms with Gasteiger partial charge in [0.1, 0.15) is 5.82 Å². The molecule has 0 aliphatic carbocycles. The lowest BCUT2D eigenvalue weighted by Gasteiger charge is -2.18. The van der Waals surface area contributed by atoms with E-state index in [1.807, 2.05) is 6.07 Å². The van der Waals surface area contributed by atoms with Crippen molar-refractivity contribution in [3.63, 3.8) is 0 Å². The number of hydrogen-bond acceptors (Lipinski definition) is 6. The maximum absolute atomic E-state index is 11.0. The standard InChI is InChI=1S/C14H13N5O2/c1-18(9-11-4-2-3-10(7-11)8-15)14-12(19(20)21)5-6-13(16)17-14/h2-7H,9H2,1H3,(H2,16,17). The number of benzene rings is 1. The van der Waals surface area contributed by atoms with Crippen LogP contribution in [-0.4, -0.2) is 17.0 Å². The monoisotopic (exact) mass is 283 g/mol. The summed E-state index contributed by atoms with van der Waals surface area (Å²) in [6.45, 7) is 0.382. The van der Waals surface area contributed by atoms with Gasteiger partial charge >= 0.3 is 5.69 Å². The number of hydrogen-bond donors (Lipinski definition) is 1. The van der Waals surface area contributed by atoms with E-state index in [0.29, 0.717) is 12.1 Å². The van der Waals surface area contributed by atoms with Gasteiger partial charge < -0.3 is 10.6 Å². The first-order valence-corrected chi connectivity index (χ1v) is 6.12. The van der Waals surface area contributed by atoms with Crippen molar-refractivity contribution in [2.45, 2.75) is 6.54 Å². The molecule has 7 nitrogen and oxygen atoms in total. The smallest absolute Gasteiger partial charge is 0.311 e. The minimum atomic E-state index is -0.496. The Labute approximate surface area is 121 Å². The van der Waals surface area contributed by atoms with Gasteiger partial charge in [0.25, 0.3) is 0 Å². The van der Waals surface area contributed by atoms with Gasteiger partial charge in [0, 0.05) is 19.7 Å². The zero-order chi connectivity index (χ0) is 15.4. The van der Waals surface area contributed by atoms with Crippen molar-refractivity contribution in [2.75, 3.05) is 17.7 Å². The summed E-state index contributed by atoms with van der Waals surface area (Å²) in [5.41, 5.74) is 6.89. The summed E-state index contributed by atoms with van der Waals surface area (Å²) in [6.07, 6.45) is 0. The van der Waals surface area contributed by atoms with Crippen LogP contribution in [0.15, 0.2) is 36.4 Å². The van der Waals surface area contributed by atoms with Crippen molar-refractivity contribution < 1.29 is 4.92 Å². The van der Waals surface area contributed by atoms with Crippen LogP contribution in [-0.2, 0) is 6.54 Å². The molecule has 0 radical (unpaired) electrons. The quantitative estimate of drug-likeness (QED) is 0.679. The van der Waals surface area contributed by atoms with Gasteiger partial charge in [0.15, 0.2) is 0 Å². The zero-order valence-electron chi connectivity index (χ0n) is 11.4. The SMILES string of the molecule is CN(Cc1cccc(C#N)c1)c1nc(N)ccc1[N+](=O)[O-]. The fourth-order valence-electron chi connectivity index (χ4n) is 1.97. The summed E-state index contributed by atoms with van der Waals surface area (Å²) in [6, 6.07) is 11.8. The number of pyridine rings is 1. The molecule has 106 valence electrons. The van der Waals surface area contributed by atoms with Gasteiger partial charge in [0.2, 0.25) is 5.82 Å². The Kier molecular flexibility index (Phi) is 4.00. The van der Waals surface area contributed by atoms with Crippen molar-refractivity contribution in [2.24, 2.45) is 0 Å². The fraction of sp³-hybridized carbons (Fsp3) is 0.143. The molecule has 0 fully saturated rings. The summed E-state index contributed by atoms with van der Waals surface area (Å²) in [5.74, 6) is 0.413. The van der Waals surface area contributed by atoms with Crippen LogP contribution in [0.5, 0.6) is 0 Å². The fourth-order valence-corrected chi connectivity index (χ4v) is 1.97. The first-order chi connectivity index (χ1) is 10.0. The molecular formula is C14H13N5O2. The lowest BCUT2D eigenvalue weighted by Crippen LogP contribution is -2.19. The van der Waals surface area contributed by atoms with Crippen LogP contribution in [0.4, 0.5) is 17.3 Å². The highest BCUT2D eigenvalue weighted by atomic mass is 16.6. The Morgan fingerprint density at radius 3 is 2.86 bits per heavy atom. The molecule has 0 aliphatic heterocycles. The molecule has 1 aromatic heterocycles. The second-order valence-electron chi connectivity index (χ2n) is 4.50. The van der Waals surface area contributed by atoms with Crippen LogP contribution in [0.25, 0.3) is 0 Å². The van der Waals surface area contributed by atoms with E-state index >= 15 is 0 Å². The van der Waals surface area contributed by atoms with E-state index in [1.54, 1.807) is 30.1 Å². The molecule has 1 heterocycles. The van der Waals surface area contributed by atoms with Gasteiger partial charge in [-0.3, -0.25) is 10.1 Å². The Bertz CT molecular complexity index is 724. The first kappa shape index (κ1) is 14.3. The second-order valence-corrected chi connectivity index (χ2v) is 4.50. The molecule has 0 bridgehead atoms. The number of nitrogens with two attached hydrogens (primary N) is 1. The molecule has 0 spiro atoms. The number of anilines is 2. The Morgan fingerprint density at radius 1 is 1.43 bits per heavy atom. The highest BCUT2D eigenvalue weighted by Gasteiger charge is 2.19. The van der Waals surface area contributed by atoms with Crippen molar-refractivity contribution >= 4 is 17.3 Å². The average Bonchev–Trinajstić information content (AvgIpc) is 2.47. The third-order valence-corrected chi connectivity index (χ3v) is 2.91. The molecule has 0 aliphatic rings. The molecule has 1 aromatic carbocycles. The van der Waals surface area contributed by atoms with E-state index in [0.717, 1.165) is 5.56 Å². The molecule has 2 aromatic rings. The van der Waals surface area contributed by atoms with Crippen LogP contribution < -0.4 is 10.6 Å². The van der Waals surface area contributed by atoms with E-state index in [1.165, 1.54) is 12.1 Å². The highest BCUT2D eigenvalue weighted by Crippen LogP contribution is 2.27. The van der Waals surface area contributed by atoms with E-state index < -0.39 is 4.92 Å². The number of aromatic nitrogens is 1. The maximum atomic E-state index is 11.0. The molecule has 21 heavy (non-hydrogen) atoms. The molecule has 7 heteroatoms. The molecule has 0 amide bonds. The third-order valence-electron chi connectivity index (χ3n) is 2.91. The summed E-state index contributed by atoms with van der Waals surface area (Å²) in [4.78, 5) is 16.2. The van der Waals surface area contributed by atoms with Crippen LogP contribution in [0, 0.1) is 21.4 Å². The highest BCUT2D eigenvalue weighted by molar-refractivity contribution is 5.60. The largest absolute Gasteiger partial charge is 0.384 e. The summed E-state index contributed by atoms with van der Waals surface area (Å²) < 4.78 is 0. The lowest BCUT2D eigenvalue weighted by molar-refractivity contribution is -0.384. The van der Waals surface area contributed by atoms with Gasteiger partial charge in [-0.2, -0.15) is 5.26 Å². The molecular weight excluding hydrogens is 270 g/mol. The Balaban J connectivity index is 2.32. The third kappa shape index (κ3) is 3.25. The number of nitrogen functional groups attached to an aromatic ring is 1. The van der Waals surface area contributed by atoms with E-state index in [9.17, 15) is 10.1 Å². The van der Waals surface area contributed by atoms with Crippen molar-refractivity contribution in [1.82, 2.24) is 4.98 Å². The summed E-state index contributed by atoms with van der Waals surface area (Å²) in [7, 11) is 1.69. The predicted molar refractivity (Wildman–Crippen MR) is 78.6 cm³/mol. The summed E-state index contributed by atoms with van der Waals surface area (Å²) >= 11 is 0. The van der Waals surface area contributed by atoms with Crippen molar-refractivity contribution in [3.05, 3.63) is 57.6 Å². The van der Waals surface area contributed by atoms with Crippen molar-refractivity contribution in [3.8, 4) is 6.07 Å². The number of nitriles is 1. The molecule has 0 saturated heterocycles. The normalized spacial score (nSPS) is 9.90. The van der Waals surface area contributed by atoms with E-state index in [2.05, 4.69) is 11.1 Å². The number of nitro groups is 1. The predicted octanol–water partition coefficient (Wildman–Crippen LogP) is 2.08. The van der Waals surface area contributed by atoms with Gasteiger partial charge in [-0.15, -0.1) is 0 Å². The molecule has 0 unspecified atom stereocenters.